The highest BCUT2D eigenvalue weighted by Crippen LogP contribution is 2.32. The number of rotatable bonds is 5. The zero-order valence-corrected chi connectivity index (χ0v) is 9.59. The van der Waals surface area contributed by atoms with Gasteiger partial charge >= 0.3 is 0 Å². The number of benzene rings is 1. The van der Waals surface area contributed by atoms with Crippen LogP contribution in [-0.4, -0.2) is 28.1 Å². The lowest BCUT2D eigenvalue weighted by molar-refractivity contribution is 0.221. The third kappa shape index (κ3) is 2.76. The molecule has 1 aromatic rings. The molecule has 0 aliphatic heterocycles. The maximum atomic E-state index is 5.25. The summed E-state index contributed by atoms with van der Waals surface area (Å²) in [4.78, 5) is 0. The highest BCUT2D eigenvalue weighted by Gasteiger charge is 2.07. The van der Waals surface area contributed by atoms with Crippen LogP contribution in [0.1, 0.15) is 5.56 Å². The highest BCUT2D eigenvalue weighted by molar-refractivity contribution is 5.62. The summed E-state index contributed by atoms with van der Waals surface area (Å²) in [5, 5.41) is 3.09. The summed E-state index contributed by atoms with van der Waals surface area (Å²) in [6.45, 7) is 2.41. The summed E-state index contributed by atoms with van der Waals surface area (Å²) in [5.41, 5.74) is 1.90. The van der Waals surface area contributed by atoms with Gasteiger partial charge in [0.1, 0.15) is 18.2 Å². The fourth-order valence-electron chi connectivity index (χ4n) is 1.34. The molecule has 0 aliphatic rings. The summed E-state index contributed by atoms with van der Waals surface area (Å²) in [5.74, 6) is 1.61. The molecular formula is C11H17NO3. The fourth-order valence-corrected chi connectivity index (χ4v) is 1.34. The minimum absolute atomic E-state index is 0.433. The Bertz CT molecular complexity index is 326. The SMILES string of the molecule is COCNc1cc(OC)c(C)cc1OC. The molecule has 4 heteroatoms. The van der Waals surface area contributed by atoms with Crippen molar-refractivity contribution in [2.24, 2.45) is 0 Å². The Morgan fingerprint density at radius 2 is 1.73 bits per heavy atom. The van der Waals surface area contributed by atoms with Crippen molar-refractivity contribution in [2.75, 3.05) is 33.4 Å². The van der Waals surface area contributed by atoms with Crippen molar-refractivity contribution in [3.63, 3.8) is 0 Å². The second kappa shape index (κ2) is 5.46. The molecule has 0 radical (unpaired) electrons. The van der Waals surface area contributed by atoms with E-state index in [4.69, 9.17) is 14.2 Å². The number of ether oxygens (including phenoxy) is 3. The van der Waals surface area contributed by atoms with E-state index in [9.17, 15) is 0 Å². The minimum atomic E-state index is 0.433. The molecule has 0 aromatic heterocycles. The maximum Gasteiger partial charge on any atom is 0.142 e. The van der Waals surface area contributed by atoms with Crippen molar-refractivity contribution >= 4 is 5.69 Å². The van der Waals surface area contributed by atoms with E-state index in [0.29, 0.717) is 6.73 Å². The molecule has 0 aliphatic carbocycles. The standard InChI is InChI=1S/C11H17NO3/c1-8-5-11(15-4)9(12-7-13-2)6-10(8)14-3/h5-6,12H,7H2,1-4H3. The van der Waals surface area contributed by atoms with Crippen molar-refractivity contribution in [1.82, 2.24) is 0 Å². The van der Waals surface area contributed by atoms with Crippen molar-refractivity contribution in [2.45, 2.75) is 6.92 Å². The zero-order valence-electron chi connectivity index (χ0n) is 9.59. The lowest BCUT2D eigenvalue weighted by Gasteiger charge is -2.13. The van der Waals surface area contributed by atoms with Gasteiger partial charge in [0.25, 0.3) is 0 Å². The number of aryl methyl sites for hydroxylation is 1. The van der Waals surface area contributed by atoms with Gasteiger partial charge < -0.3 is 19.5 Å². The molecule has 0 saturated carbocycles. The number of nitrogens with one attached hydrogen (secondary N) is 1. The molecule has 1 aromatic carbocycles. The summed E-state index contributed by atoms with van der Waals surface area (Å²) >= 11 is 0. The van der Waals surface area contributed by atoms with Gasteiger partial charge in [0.15, 0.2) is 0 Å². The highest BCUT2D eigenvalue weighted by atomic mass is 16.5. The van der Waals surface area contributed by atoms with Crippen LogP contribution in [0.25, 0.3) is 0 Å². The monoisotopic (exact) mass is 211 g/mol. The molecule has 4 nitrogen and oxygen atoms in total. The van der Waals surface area contributed by atoms with E-state index in [0.717, 1.165) is 22.7 Å². The van der Waals surface area contributed by atoms with Crippen LogP contribution in [0.2, 0.25) is 0 Å². The van der Waals surface area contributed by atoms with E-state index in [1.165, 1.54) is 0 Å². The van der Waals surface area contributed by atoms with Crippen LogP contribution in [0.4, 0.5) is 5.69 Å². The van der Waals surface area contributed by atoms with Crippen molar-refractivity contribution < 1.29 is 14.2 Å². The quantitative estimate of drug-likeness (QED) is 0.756. The summed E-state index contributed by atoms with van der Waals surface area (Å²) in [7, 11) is 4.92. The van der Waals surface area contributed by atoms with Gasteiger partial charge in [-0.05, 0) is 18.6 Å². The van der Waals surface area contributed by atoms with Crippen molar-refractivity contribution in [3.8, 4) is 11.5 Å². The van der Waals surface area contributed by atoms with Crippen molar-refractivity contribution in [1.29, 1.82) is 0 Å². The van der Waals surface area contributed by atoms with E-state index < -0.39 is 0 Å². The van der Waals surface area contributed by atoms with Crippen LogP contribution in [-0.2, 0) is 4.74 Å². The van der Waals surface area contributed by atoms with E-state index in [-0.39, 0.29) is 0 Å². The smallest absolute Gasteiger partial charge is 0.142 e. The average molecular weight is 211 g/mol. The Labute approximate surface area is 90.1 Å². The molecule has 0 atom stereocenters. The maximum absolute atomic E-state index is 5.25. The van der Waals surface area contributed by atoms with Gasteiger partial charge in [-0.25, -0.2) is 0 Å². The molecule has 1 N–H and O–H groups in total. The van der Waals surface area contributed by atoms with Gasteiger partial charge in [0.05, 0.1) is 19.9 Å². The molecule has 0 bridgehead atoms. The number of anilines is 1. The van der Waals surface area contributed by atoms with Crippen LogP contribution in [0, 0.1) is 6.92 Å². The topological polar surface area (TPSA) is 39.7 Å². The Kier molecular flexibility index (Phi) is 4.24. The first-order valence-electron chi connectivity index (χ1n) is 4.68. The Balaban J connectivity index is 2.99. The Hall–Kier alpha value is -1.42. The molecule has 0 saturated heterocycles. The summed E-state index contributed by atoms with van der Waals surface area (Å²) in [6.07, 6.45) is 0. The van der Waals surface area contributed by atoms with Gasteiger partial charge in [-0.2, -0.15) is 0 Å². The molecule has 84 valence electrons. The average Bonchev–Trinajstić information content (AvgIpc) is 2.26. The Morgan fingerprint density at radius 1 is 1.07 bits per heavy atom. The molecule has 15 heavy (non-hydrogen) atoms. The molecule has 0 heterocycles. The normalized spacial score (nSPS) is 9.87. The van der Waals surface area contributed by atoms with Gasteiger partial charge in [-0.3, -0.25) is 0 Å². The van der Waals surface area contributed by atoms with Crippen LogP contribution >= 0.6 is 0 Å². The third-order valence-corrected chi connectivity index (χ3v) is 2.12. The predicted molar refractivity (Wildman–Crippen MR) is 59.8 cm³/mol. The lowest BCUT2D eigenvalue weighted by Crippen LogP contribution is -2.05. The lowest BCUT2D eigenvalue weighted by atomic mass is 10.2. The van der Waals surface area contributed by atoms with Crippen LogP contribution < -0.4 is 14.8 Å². The number of hydrogen-bond donors (Lipinski definition) is 1. The molecular weight excluding hydrogens is 194 g/mol. The molecule has 0 spiro atoms. The predicted octanol–water partition coefficient (Wildman–Crippen LogP) is 2.03. The van der Waals surface area contributed by atoms with Gasteiger partial charge in [0, 0.05) is 13.2 Å². The van der Waals surface area contributed by atoms with Gasteiger partial charge in [-0.1, -0.05) is 0 Å². The van der Waals surface area contributed by atoms with Gasteiger partial charge in [0.2, 0.25) is 0 Å². The van der Waals surface area contributed by atoms with E-state index in [1.54, 1.807) is 21.3 Å². The fraction of sp³-hybridized carbons (Fsp3) is 0.455. The zero-order chi connectivity index (χ0) is 11.3. The van der Waals surface area contributed by atoms with E-state index >= 15 is 0 Å². The summed E-state index contributed by atoms with van der Waals surface area (Å²) < 4.78 is 15.4. The number of hydrogen-bond acceptors (Lipinski definition) is 4. The second-order valence-electron chi connectivity index (χ2n) is 3.13. The molecule has 0 fully saturated rings. The minimum Gasteiger partial charge on any atom is -0.496 e. The Morgan fingerprint density at radius 3 is 2.27 bits per heavy atom. The third-order valence-electron chi connectivity index (χ3n) is 2.12. The van der Waals surface area contributed by atoms with Crippen molar-refractivity contribution in [3.05, 3.63) is 17.7 Å². The molecule has 0 amide bonds. The largest absolute Gasteiger partial charge is 0.496 e. The van der Waals surface area contributed by atoms with Crippen LogP contribution in [0.5, 0.6) is 11.5 Å². The van der Waals surface area contributed by atoms with Gasteiger partial charge in [-0.15, -0.1) is 0 Å². The first-order chi connectivity index (χ1) is 7.22. The number of methoxy groups -OCH3 is 3. The van der Waals surface area contributed by atoms with Crippen LogP contribution in [0.3, 0.4) is 0 Å². The van der Waals surface area contributed by atoms with E-state index in [2.05, 4.69) is 5.32 Å². The summed E-state index contributed by atoms with van der Waals surface area (Å²) in [6, 6.07) is 3.82. The molecule has 1 rings (SSSR count). The first kappa shape index (κ1) is 11.7. The van der Waals surface area contributed by atoms with E-state index in [1.807, 2.05) is 19.1 Å². The first-order valence-corrected chi connectivity index (χ1v) is 4.68. The molecule has 0 unspecified atom stereocenters. The van der Waals surface area contributed by atoms with Crippen LogP contribution in [0.15, 0.2) is 12.1 Å². The second-order valence-corrected chi connectivity index (χ2v) is 3.13.